The Balaban J connectivity index is 0.00000109. The van der Waals surface area contributed by atoms with Crippen LogP contribution < -0.4 is 4.74 Å². The van der Waals surface area contributed by atoms with Crippen LogP contribution in [0.25, 0.3) is 22.2 Å². The van der Waals surface area contributed by atoms with Crippen molar-refractivity contribution in [2.75, 3.05) is 0 Å². The second-order valence-corrected chi connectivity index (χ2v) is 6.61. The molecule has 0 saturated heterocycles. The summed E-state index contributed by atoms with van der Waals surface area (Å²) < 4.78 is 6.08. The molecule has 4 aromatic rings. The Morgan fingerprint density at radius 2 is 1.75 bits per heavy atom. The highest BCUT2D eigenvalue weighted by Gasteiger charge is 2.17. The van der Waals surface area contributed by atoms with Gasteiger partial charge in [-0.3, -0.25) is 15.1 Å². The highest BCUT2D eigenvalue weighted by Crippen LogP contribution is 2.34. The number of rotatable bonds is 4. The number of hydrogen-bond donors (Lipinski definition) is 1. The Bertz CT molecular complexity index is 1050. The molecule has 0 bridgehead atoms. The molecule has 28 heavy (non-hydrogen) atoms. The van der Waals surface area contributed by atoms with Gasteiger partial charge in [0, 0.05) is 41.3 Å². The van der Waals surface area contributed by atoms with Crippen molar-refractivity contribution in [2.45, 2.75) is 26.9 Å². The maximum Gasteiger partial charge on any atom is 0.124 e. The monoisotopic (exact) mass is 414 g/mol. The van der Waals surface area contributed by atoms with Crippen molar-refractivity contribution in [3.63, 3.8) is 0 Å². The van der Waals surface area contributed by atoms with Gasteiger partial charge in [0.1, 0.15) is 17.5 Å². The summed E-state index contributed by atoms with van der Waals surface area (Å²) in [6.45, 7) is 5.90. The molecule has 7 heteroatoms. The summed E-state index contributed by atoms with van der Waals surface area (Å²) in [7, 11) is 0. The third kappa shape index (κ3) is 4.11. The first-order chi connectivity index (χ1) is 13.6. The molecule has 144 valence electrons. The lowest BCUT2D eigenvalue weighted by atomic mass is 10.1. The molecular weight excluding hydrogens is 395 g/mol. The number of fused-ring (bicyclic) bond motifs is 1. The van der Waals surface area contributed by atoms with Crippen molar-refractivity contribution in [3.8, 4) is 17.0 Å². The van der Waals surface area contributed by atoms with E-state index < -0.39 is 0 Å². The molecule has 3 heterocycles. The molecule has 0 aliphatic rings. The summed E-state index contributed by atoms with van der Waals surface area (Å²) in [5.74, 6) is 0.695. The number of pyridine rings is 2. The number of H-pyrrole nitrogens is 1. The fourth-order valence-electron chi connectivity index (χ4n) is 2.86. The van der Waals surface area contributed by atoms with Crippen LogP contribution in [0.3, 0.4) is 0 Å². The SMILES string of the molecule is CC.CC(Oc1ccc2[nH]nc(-c3cccnc3)c2c1)c1c(Cl)cncc1Cl. The molecule has 0 radical (unpaired) electrons. The Labute approximate surface area is 173 Å². The fourth-order valence-corrected chi connectivity index (χ4v) is 3.53. The quantitative estimate of drug-likeness (QED) is 0.414. The van der Waals surface area contributed by atoms with E-state index in [0.717, 1.165) is 22.2 Å². The van der Waals surface area contributed by atoms with Gasteiger partial charge in [-0.25, -0.2) is 0 Å². The number of benzene rings is 1. The molecule has 0 fully saturated rings. The van der Waals surface area contributed by atoms with Crippen LogP contribution in [0.15, 0.2) is 55.1 Å². The molecule has 0 saturated carbocycles. The van der Waals surface area contributed by atoms with Gasteiger partial charge in [-0.05, 0) is 37.3 Å². The number of hydrogen-bond acceptors (Lipinski definition) is 4. The number of nitrogens with zero attached hydrogens (tertiary/aromatic N) is 3. The fraction of sp³-hybridized carbons (Fsp3) is 0.190. The van der Waals surface area contributed by atoms with Crippen LogP contribution in [0, 0.1) is 0 Å². The van der Waals surface area contributed by atoms with E-state index in [2.05, 4.69) is 20.2 Å². The zero-order chi connectivity index (χ0) is 20.1. The van der Waals surface area contributed by atoms with E-state index in [9.17, 15) is 0 Å². The second-order valence-electron chi connectivity index (χ2n) is 5.80. The zero-order valence-electron chi connectivity index (χ0n) is 15.8. The highest BCUT2D eigenvalue weighted by atomic mass is 35.5. The highest BCUT2D eigenvalue weighted by molar-refractivity contribution is 6.35. The summed E-state index contributed by atoms with van der Waals surface area (Å²) in [6.07, 6.45) is 6.30. The minimum absolute atomic E-state index is 0.329. The van der Waals surface area contributed by atoms with E-state index in [0.29, 0.717) is 21.4 Å². The third-order valence-electron chi connectivity index (χ3n) is 4.08. The van der Waals surface area contributed by atoms with E-state index in [1.807, 2.05) is 51.1 Å². The number of halogens is 2. The molecule has 3 aromatic heterocycles. The van der Waals surface area contributed by atoms with Crippen molar-refractivity contribution < 1.29 is 4.74 Å². The largest absolute Gasteiger partial charge is 0.486 e. The van der Waals surface area contributed by atoms with Gasteiger partial charge in [-0.2, -0.15) is 5.10 Å². The smallest absolute Gasteiger partial charge is 0.124 e. The number of ether oxygens (including phenoxy) is 1. The van der Waals surface area contributed by atoms with E-state index >= 15 is 0 Å². The molecule has 5 nitrogen and oxygen atoms in total. The standard InChI is InChI=1S/C19H14Cl2N4O.C2H6/c1-11(18-15(20)9-23-10-16(18)21)26-13-4-5-17-14(7-13)19(25-24-17)12-3-2-6-22-8-12;1-2/h2-11H,1H3,(H,24,25);1-2H3. The Morgan fingerprint density at radius 3 is 2.43 bits per heavy atom. The summed E-state index contributed by atoms with van der Waals surface area (Å²) in [4.78, 5) is 8.13. The normalized spacial score (nSPS) is 11.6. The van der Waals surface area contributed by atoms with Crippen LogP contribution >= 0.6 is 23.2 Å². The number of nitrogens with one attached hydrogen (secondary N) is 1. The molecule has 1 aromatic carbocycles. The molecule has 1 atom stereocenters. The van der Waals surface area contributed by atoms with Crippen molar-refractivity contribution in [3.05, 3.63) is 70.7 Å². The second kappa shape index (κ2) is 9.04. The lowest BCUT2D eigenvalue weighted by Gasteiger charge is -2.17. The average molecular weight is 415 g/mol. The topological polar surface area (TPSA) is 63.7 Å². The minimum atomic E-state index is -0.329. The van der Waals surface area contributed by atoms with Gasteiger partial charge in [0.2, 0.25) is 0 Å². The molecular formula is C21H20Cl2N4O. The minimum Gasteiger partial charge on any atom is -0.486 e. The average Bonchev–Trinajstić information content (AvgIpc) is 3.13. The Morgan fingerprint density at radius 1 is 1.00 bits per heavy atom. The van der Waals surface area contributed by atoms with Gasteiger partial charge in [0.05, 0.1) is 15.6 Å². The maximum absolute atomic E-state index is 6.22. The summed E-state index contributed by atoms with van der Waals surface area (Å²) in [5.41, 5.74) is 3.39. The van der Waals surface area contributed by atoms with E-state index in [-0.39, 0.29) is 6.10 Å². The molecule has 1 N–H and O–H groups in total. The van der Waals surface area contributed by atoms with Crippen LogP contribution in [0.5, 0.6) is 5.75 Å². The van der Waals surface area contributed by atoms with Crippen LogP contribution in [0.2, 0.25) is 10.0 Å². The van der Waals surface area contributed by atoms with Crippen molar-refractivity contribution in [1.29, 1.82) is 0 Å². The first-order valence-corrected chi connectivity index (χ1v) is 9.73. The predicted molar refractivity (Wildman–Crippen MR) is 114 cm³/mol. The Kier molecular flexibility index (Phi) is 6.49. The summed E-state index contributed by atoms with van der Waals surface area (Å²) >= 11 is 12.4. The lowest BCUT2D eigenvalue weighted by molar-refractivity contribution is 0.227. The van der Waals surface area contributed by atoms with E-state index in [1.54, 1.807) is 24.8 Å². The molecule has 0 amide bonds. The maximum atomic E-state index is 6.22. The van der Waals surface area contributed by atoms with E-state index in [1.165, 1.54) is 0 Å². The predicted octanol–water partition coefficient (Wildman–Crippen LogP) is 6.49. The lowest BCUT2D eigenvalue weighted by Crippen LogP contribution is -2.05. The zero-order valence-corrected chi connectivity index (χ0v) is 17.3. The van der Waals surface area contributed by atoms with Gasteiger partial charge >= 0.3 is 0 Å². The first kappa shape index (κ1) is 20.1. The Hall–Kier alpha value is -2.63. The third-order valence-corrected chi connectivity index (χ3v) is 4.68. The number of aromatic amines is 1. The summed E-state index contributed by atoms with van der Waals surface area (Å²) in [5, 5.41) is 9.34. The van der Waals surface area contributed by atoms with Crippen molar-refractivity contribution in [2.24, 2.45) is 0 Å². The van der Waals surface area contributed by atoms with Crippen LogP contribution in [-0.2, 0) is 0 Å². The molecule has 0 spiro atoms. The van der Waals surface area contributed by atoms with Crippen molar-refractivity contribution >= 4 is 34.1 Å². The molecule has 4 rings (SSSR count). The van der Waals surface area contributed by atoms with Gasteiger partial charge in [0.15, 0.2) is 0 Å². The van der Waals surface area contributed by atoms with Crippen LogP contribution in [0.4, 0.5) is 0 Å². The summed E-state index contributed by atoms with van der Waals surface area (Å²) in [6, 6.07) is 9.61. The van der Waals surface area contributed by atoms with Gasteiger partial charge < -0.3 is 4.74 Å². The first-order valence-electron chi connectivity index (χ1n) is 8.97. The van der Waals surface area contributed by atoms with Crippen LogP contribution in [0.1, 0.15) is 32.4 Å². The molecule has 0 aliphatic heterocycles. The van der Waals surface area contributed by atoms with Crippen molar-refractivity contribution in [1.82, 2.24) is 20.2 Å². The van der Waals surface area contributed by atoms with Crippen LogP contribution in [-0.4, -0.2) is 20.2 Å². The van der Waals surface area contributed by atoms with E-state index in [4.69, 9.17) is 27.9 Å². The van der Waals surface area contributed by atoms with Gasteiger partial charge in [0.25, 0.3) is 0 Å². The molecule has 1 unspecified atom stereocenters. The number of aromatic nitrogens is 4. The van der Waals surface area contributed by atoms with Gasteiger partial charge in [-0.15, -0.1) is 0 Å². The molecule has 0 aliphatic carbocycles. The van der Waals surface area contributed by atoms with Gasteiger partial charge in [-0.1, -0.05) is 37.0 Å².